The van der Waals surface area contributed by atoms with Gasteiger partial charge in [0.1, 0.15) is 24.1 Å². The van der Waals surface area contributed by atoms with E-state index in [1.54, 1.807) is 0 Å². The van der Waals surface area contributed by atoms with Crippen LogP contribution in [0.5, 0.6) is 11.5 Å². The molecule has 2 aromatic carbocycles. The van der Waals surface area contributed by atoms with Crippen molar-refractivity contribution in [1.82, 2.24) is 0 Å². The van der Waals surface area contributed by atoms with Crippen LogP contribution in [0.15, 0.2) is 12.1 Å². The zero-order chi connectivity index (χ0) is 25.2. The van der Waals surface area contributed by atoms with Crippen LogP contribution in [-0.2, 0) is 11.2 Å². The molecule has 0 fully saturated rings. The Labute approximate surface area is 217 Å². The number of ether oxygens (including phenoxy) is 1. The Morgan fingerprint density at radius 3 is 1.88 bits per heavy atom. The molecular formula is C19H16Cl6O8. The minimum absolute atomic E-state index is 0.00577. The maximum Gasteiger partial charge on any atom is 0.343 e. The first-order chi connectivity index (χ1) is 15.3. The first-order valence-corrected chi connectivity index (χ1v) is 11.1. The Kier molecular flexibility index (Phi) is 10.2. The number of aliphatic hydroxyl groups is 5. The van der Waals surface area contributed by atoms with Gasteiger partial charge in [-0.1, -0.05) is 69.6 Å². The van der Waals surface area contributed by atoms with Gasteiger partial charge in [0.05, 0.1) is 36.7 Å². The quantitative estimate of drug-likeness (QED) is 0.157. The highest BCUT2D eigenvalue weighted by Gasteiger charge is 2.36. The minimum Gasteiger partial charge on any atom is -0.506 e. The molecule has 33 heavy (non-hydrogen) atoms. The molecule has 0 amide bonds. The Hall–Kier alpha value is -0.750. The van der Waals surface area contributed by atoms with E-state index < -0.39 is 48.5 Å². The van der Waals surface area contributed by atoms with Crippen molar-refractivity contribution in [2.75, 3.05) is 6.61 Å². The molecule has 0 bridgehead atoms. The van der Waals surface area contributed by atoms with Crippen LogP contribution in [0.25, 0.3) is 0 Å². The number of benzene rings is 2. The van der Waals surface area contributed by atoms with E-state index in [-0.39, 0.29) is 47.7 Å². The molecule has 182 valence electrons. The van der Waals surface area contributed by atoms with E-state index >= 15 is 0 Å². The van der Waals surface area contributed by atoms with Crippen molar-refractivity contribution in [3.05, 3.63) is 53.4 Å². The molecule has 0 saturated heterocycles. The molecule has 2 aromatic rings. The largest absolute Gasteiger partial charge is 0.506 e. The monoisotopic (exact) mass is 582 g/mol. The summed E-state index contributed by atoms with van der Waals surface area (Å²) in [7, 11) is 0. The summed E-state index contributed by atoms with van der Waals surface area (Å²) in [6, 6.07) is 2.35. The van der Waals surface area contributed by atoms with Gasteiger partial charge >= 0.3 is 5.97 Å². The van der Waals surface area contributed by atoms with E-state index in [2.05, 4.69) is 0 Å². The number of carbonyl (C=O) groups is 1. The van der Waals surface area contributed by atoms with Crippen LogP contribution in [0.2, 0.25) is 30.1 Å². The number of rotatable bonds is 8. The van der Waals surface area contributed by atoms with Gasteiger partial charge in [0, 0.05) is 17.5 Å². The number of carbonyl (C=O) groups excluding carboxylic acids is 1. The van der Waals surface area contributed by atoms with Gasteiger partial charge in [0.15, 0.2) is 11.9 Å². The van der Waals surface area contributed by atoms with Crippen LogP contribution in [0.3, 0.4) is 0 Å². The normalized spacial score (nSPS) is 15.1. The molecule has 6 N–H and O–H groups in total. The van der Waals surface area contributed by atoms with Gasteiger partial charge in [-0.3, -0.25) is 0 Å². The molecule has 0 radical (unpaired) electrons. The molecule has 0 saturated carbocycles. The molecular weight excluding hydrogens is 569 g/mol. The minimum atomic E-state index is -2.36. The fourth-order valence-electron chi connectivity index (χ4n) is 2.69. The molecule has 0 aromatic heterocycles. The summed E-state index contributed by atoms with van der Waals surface area (Å²) in [6.07, 6.45) is -8.85. The lowest BCUT2D eigenvalue weighted by Crippen LogP contribution is -2.49. The van der Waals surface area contributed by atoms with Gasteiger partial charge in [0.2, 0.25) is 0 Å². The predicted molar refractivity (Wildman–Crippen MR) is 124 cm³/mol. The van der Waals surface area contributed by atoms with E-state index in [1.807, 2.05) is 0 Å². The lowest BCUT2D eigenvalue weighted by atomic mass is 10.0. The molecule has 0 heterocycles. The third-order valence-corrected chi connectivity index (χ3v) is 6.73. The van der Waals surface area contributed by atoms with Crippen molar-refractivity contribution in [3.63, 3.8) is 0 Å². The number of phenolic OH excluding ortho intramolecular Hbond substituents is 1. The average Bonchev–Trinajstić information content (AvgIpc) is 2.78. The smallest absolute Gasteiger partial charge is 0.343 e. The van der Waals surface area contributed by atoms with Crippen LogP contribution >= 0.6 is 69.6 Å². The maximum atomic E-state index is 12.4. The fourth-order valence-corrected chi connectivity index (χ4v) is 4.15. The fraction of sp³-hybridized carbons (Fsp3) is 0.316. The topological polar surface area (TPSA) is 148 Å². The molecule has 0 spiro atoms. The highest BCUT2D eigenvalue weighted by molar-refractivity contribution is 6.45. The third-order valence-electron chi connectivity index (χ3n) is 4.51. The van der Waals surface area contributed by atoms with Crippen LogP contribution < -0.4 is 4.74 Å². The molecule has 4 atom stereocenters. The number of phenols is 1. The number of aromatic hydroxyl groups is 1. The number of hydrogen-bond donors (Lipinski definition) is 6. The lowest BCUT2D eigenvalue weighted by Gasteiger charge is -2.25. The van der Waals surface area contributed by atoms with Crippen LogP contribution in [0.1, 0.15) is 11.1 Å². The van der Waals surface area contributed by atoms with Crippen LogP contribution in [0.4, 0.5) is 0 Å². The standard InChI is InChI=1S/C19H16Cl6O8/c20-7-2-9(22)14(28)5(12(7)24)1-6-13(25)8(21)3-10(23)18(6)33-19(32)17(31)16(30)15(29)11(27)4-26/h2-3,11,15-17,26-31H,1,4H2/t11-,15-,16+,17-/m1/s1. The van der Waals surface area contributed by atoms with Crippen LogP contribution in [0, 0.1) is 0 Å². The summed E-state index contributed by atoms with van der Waals surface area (Å²) in [4.78, 5) is 12.4. The first-order valence-electron chi connectivity index (χ1n) is 8.88. The highest BCUT2D eigenvalue weighted by atomic mass is 35.5. The van der Waals surface area contributed by atoms with Crippen molar-refractivity contribution in [2.45, 2.75) is 30.8 Å². The van der Waals surface area contributed by atoms with E-state index in [1.165, 1.54) is 6.07 Å². The molecule has 0 aliphatic heterocycles. The number of halogens is 6. The SMILES string of the molecule is O=C(Oc1c(Cl)cc(Cl)c(Cl)c1Cc1c(O)c(Cl)cc(Cl)c1Cl)[C@H](O)[C@@H](O)[C@H](O)[C@H](O)CO. The van der Waals surface area contributed by atoms with E-state index in [4.69, 9.17) is 79.4 Å². The summed E-state index contributed by atoms with van der Waals surface area (Å²) in [5.74, 6) is -2.34. The number of esters is 1. The second kappa shape index (κ2) is 11.8. The second-order valence-corrected chi connectivity index (χ2v) is 9.10. The Morgan fingerprint density at radius 2 is 1.33 bits per heavy atom. The van der Waals surface area contributed by atoms with Gasteiger partial charge in [-0.05, 0) is 12.1 Å². The Morgan fingerprint density at radius 1 is 0.818 bits per heavy atom. The molecule has 8 nitrogen and oxygen atoms in total. The molecule has 0 aliphatic rings. The lowest BCUT2D eigenvalue weighted by molar-refractivity contribution is -0.161. The van der Waals surface area contributed by atoms with Gasteiger partial charge < -0.3 is 35.4 Å². The van der Waals surface area contributed by atoms with Crippen molar-refractivity contribution in [2.24, 2.45) is 0 Å². The first kappa shape index (κ1) is 28.5. The van der Waals surface area contributed by atoms with Crippen molar-refractivity contribution < 1.29 is 40.2 Å². The summed E-state index contributed by atoms with van der Waals surface area (Å²) in [5, 5.41) is 57.6. The van der Waals surface area contributed by atoms with Gasteiger partial charge in [-0.25, -0.2) is 4.79 Å². The van der Waals surface area contributed by atoms with Crippen molar-refractivity contribution in [3.8, 4) is 11.5 Å². The number of aliphatic hydroxyl groups excluding tert-OH is 5. The summed E-state index contributed by atoms with van der Waals surface area (Å²) < 4.78 is 5.10. The van der Waals surface area contributed by atoms with Crippen LogP contribution in [-0.4, -0.2) is 67.6 Å². The zero-order valence-electron chi connectivity index (χ0n) is 16.1. The summed E-state index contributed by atoms with van der Waals surface area (Å²) >= 11 is 36.6. The van der Waals surface area contributed by atoms with E-state index in [0.29, 0.717) is 0 Å². The third kappa shape index (κ3) is 6.28. The van der Waals surface area contributed by atoms with Gasteiger partial charge in [0.25, 0.3) is 0 Å². The van der Waals surface area contributed by atoms with Crippen molar-refractivity contribution >= 4 is 75.6 Å². The van der Waals surface area contributed by atoms with Crippen molar-refractivity contribution in [1.29, 1.82) is 0 Å². The Bertz CT molecular complexity index is 1020. The maximum absolute atomic E-state index is 12.4. The molecule has 2 rings (SSSR count). The Balaban J connectivity index is 2.48. The highest BCUT2D eigenvalue weighted by Crippen LogP contribution is 2.45. The molecule has 0 unspecified atom stereocenters. The van der Waals surface area contributed by atoms with E-state index in [9.17, 15) is 30.3 Å². The predicted octanol–water partition coefficient (Wildman–Crippen LogP) is 3.24. The average molecular weight is 585 g/mol. The number of hydrogen-bond acceptors (Lipinski definition) is 8. The van der Waals surface area contributed by atoms with Gasteiger partial charge in [-0.2, -0.15) is 0 Å². The second-order valence-electron chi connectivity index (χ2n) is 6.72. The zero-order valence-corrected chi connectivity index (χ0v) is 20.7. The molecule has 14 heteroatoms. The summed E-state index contributed by atoms with van der Waals surface area (Å²) in [6.45, 7) is -0.949. The summed E-state index contributed by atoms with van der Waals surface area (Å²) in [5.41, 5.74) is -0.0653. The van der Waals surface area contributed by atoms with E-state index in [0.717, 1.165) is 6.07 Å². The van der Waals surface area contributed by atoms with Gasteiger partial charge in [-0.15, -0.1) is 0 Å². The molecule has 0 aliphatic carbocycles.